The Morgan fingerprint density at radius 1 is 1.33 bits per heavy atom. The Hall–Kier alpha value is -1.95. The molecule has 1 atom stereocenters. The summed E-state index contributed by atoms with van der Waals surface area (Å²) in [5, 5.41) is 8.83. The van der Waals surface area contributed by atoms with E-state index in [9.17, 15) is 13.4 Å². The van der Waals surface area contributed by atoms with Gasteiger partial charge in [0.25, 0.3) is 0 Å². The van der Waals surface area contributed by atoms with E-state index in [1.54, 1.807) is 6.07 Å². The zero-order chi connectivity index (χ0) is 13.1. The first-order valence-corrected chi connectivity index (χ1v) is 6.34. The SMILES string of the molecule is O=C(O)c1occc1CS(=O)c1ccccc1F. The molecule has 94 valence electrons. The molecule has 2 rings (SSSR count). The second-order valence-electron chi connectivity index (χ2n) is 3.50. The second-order valence-corrected chi connectivity index (χ2v) is 4.92. The van der Waals surface area contributed by atoms with Crippen molar-refractivity contribution in [3.05, 3.63) is 53.7 Å². The van der Waals surface area contributed by atoms with Gasteiger partial charge in [-0.25, -0.2) is 9.18 Å². The van der Waals surface area contributed by atoms with Crippen LogP contribution in [0.15, 0.2) is 45.9 Å². The summed E-state index contributed by atoms with van der Waals surface area (Å²) in [6.07, 6.45) is 1.21. The van der Waals surface area contributed by atoms with Crippen molar-refractivity contribution >= 4 is 16.8 Å². The van der Waals surface area contributed by atoms with Crippen molar-refractivity contribution in [1.29, 1.82) is 0 Å². The molecular formula is C12H9FO4S. The Morgan fingerprint density at radius 3 is 2.72 bits per heavy atom. The molecule has 0 amide bonds. The van der Waals surface area contributed by atoms with Crippen LogP contribution in [0.2, 0.25) is 0 Å². The van der Waals surface area contributed by atoms with Crippen molar-refractivity contribution in [2.45, 2.75) is 10.6 Å². The van der Waals surface area contributed by atoms with Crippen molar-refractivity contribution in [2.75, 3.05) is 0 Å². The zero-order valence-corrected chi connectivity index (χ0v) is 9.95. The molecule has 1 N–H and O–H groups in total. The smallest absolute Gasteiger partial charge is 0.372 e. The first-order valence-electron chi connectivity index (χ1n) is 5.02. The molecular weight excluding hydrogens is 259 g/mol. The van der Waals surface area contributed by atoms with Crippen molar-refractivity contribution in [1.82, 2.24) is 0 Å². The fraction of sp³-hybridized carbons (Fsp3) is 0.0833. The van der Waals surface area contributed by atoms with Crippen LogP contribution in [-0.4, -0.2) is 15.3 Å². The summed E-state index contributed by atoms with van der Waals surface area (Å²) in [5.74, 6) is -2.17. The van der Waals surface area contributed by atoms with E-state index in [1.807, 2.05) is 0 Å². The molecule has 0 aliphatic carbocycles. The average Bonchev–Trinajstić information content (AvgIpc) is 2.77. The molecule has 0 radical (unpaired) electrons. The Labute approximate surface area is 105 Å². The average molecular weight is 268 g/mol. The summed E-state index contributed by atoms with van der Waals surface area (Å²) in [6, 6.07) is 7.11. The van der Waals surface area contributed by atoms with Gasteiger partial charge in [0.2, 0.25) is 5.76 Å². The van der Waals surface area contributed by atoms with Crippen LogP contribution in [0, 0.1) is 5.82 Å². The number of aromatic carboxylic acids is 1. The third-order valence-corrected chi connectivity index (χ3v) is 3.70. The lowest BCUT2D eigenvalue weighted by Gasteiger charge is -2.02. The van der Waals surface area contributed by atoms with Gasteiger partial charge in [-0.3, -0.25) is 4.21 Å². The van der Waals surface area contributed by atoms with Crippen molar-refractivity contribution in [3.8, 4) is 0 Å². The number of carboxylic acid groups (broad SMARTS) is 1. The maximum Gasteiger partial charge on any atom is 0.372 e. The van der Waals surface area contributed by atoms with Crippen molar-refractivity contribution in [3.63, 3.8) is 0 Å². The second kappa shape index (κ2) is 5.14. The molecule has 6 heteroatoms. The summed E-state index contributed by atoms with van der Waals surface area (Å²) in [7, 11) is -1.65. The largest absolute Gasteiger partial charge is 0.475 e. The number of furan rings is 1. The number of hydrogen-bond donors (Lipinski definition) is 1. The fourth-order valence-corrected chi connectivity index (χ4v) is 2.67. The van der Waals surface area contributed by atoms with E-state index >= 15 is 0 Å². The highest BCUT2D eigenvalue weighted by Gasteiger charge is 2.18. The maximum absolute atomic E-state index is 13.4. The summed E-state index contributed by atoms with van der Waals surface area (Å²) in [6.45, 7) is 0. The van der Waals surface area contributed by atoms with Crippen LogP contribution in [0.3, 0.4) is 0 Å². The molecule has 0 saturated carbocycles. The van der Waals surface area contributed by atoms with Crippen molar-refractivity contribution in [2.24, 2.45) is 0 Å². The quantitative estimate of drug-likeness (QED) is 0.924. The van der Waals surface area contributed by atoms with Gasteiger partial charge >= 0.3 is 5.97 Å². The Balaban J connectivity index is 2.25. The number of hydrogen-bond acceptors (Lipinski definition) is 3. The maximum atomic E-state index is 13.4. The summed E-state index contributed by atoms with van der Waals surface area (Å²) >= 11 is 0. The number of benzene rings is 1. The van der Waals surface area contributed by atoms with Gasteiger partial charge in [0, 0.05) is 5.56 Å². The highest BCUT2D eigenvalue weighted by molar-refractivity contribution is 7.84. The molecule has 2 aromatic rings. The van der Waals surface area contributed by atoms with Crippen LogP contribution in [-0.2, 0) is 16.6 Å². The lowest BCUT2D eigenvalue weighted by Crippen LogP contribution is -2.03. The van der Waals surface area contributed by atoms with E-state index in [0.29, 0.717) is 0 Å². The standard InChI is InChI=1S/C12H9FO4S/c13-9-3-1-2-4-10(9)18(16)7-8-5-6-17-11(8)12(14)15/h1-6H,7H2,(H,14,15). The van der Waals surface area contributed by atoms with Gasteiger partial charge in [0.1, 0.15) is 5.82 Å². The molecule has 0 spiro atoms. The summed E-state index contributed by atoms with van der Waals surface area (Å²) in [4.78, 5) is 10.9. The zero-order valence-electron chi connectivity index (χ0n) is 9.13. The lowest BCUT2D eigenvalue weighted by molar-refractivity contribution is 0.0661. The summed E-state index contributed by atoms with van der Waals surface area (Å²) < 4.78 is 30.1. The van der Waals surface area contributed by atoms with Gasteiger partial charge in [-0.05, 0) is 18.2 Å². The van der Waals surface area contributed by atoms with Gasteiger partial charge in [-0.2, -0.15) is 0 Å². The van der Waals surface area contributed by atoms with Gasteiger partial charge < -0.3 is 9.52 Å². The molecule has 0 fully saturated rings. The topological polar surface area (TPSA) is 67.5 Å². The monoisotopic (exact) mass is 268 g/mol. The number of halogens is 1. The van der Waals surface area contributed by atoms with Crippen LogP contribution in [0.5, 0.6) is 0 Å². The van der Waals surface area contributed by atoms with Gasteiger partial charge in [0.15, 0.2) is 0 Å². The van der Waals surface area contributed by atoms with Crippen LogP contribution in [0.25, 0.3) is 0 Å². The highest BCUT2D eigenvalue weighted by Crippen LogP contribution is 2.18. The normalized spacial score (nSPS) is 12.3. The molecule has 1 heterocycles. The lowest BCUT2D eigenvalue weighted by atomic mass is 10.3. The van der Waals surface area contributed by atoms with E-state index in [4.69, 9.17) is 9.52 Å². The van der Waals surface area contributed by atoms with Gasteiger partial charge in [0.05, 0.1) is 27.7 Å². The van der Waals surface area contributed by atoms with E-state index in [2.05, 4.69) is 0 Å². The van der Waals surface area contributed by atoms with Crippen LogP contribution in [0.4, 0.5) is 4.39 Å². The van der Waals surface area contributed by atoms with Crippen LogP contribution in [0.1, 0.15) is 16.1 Å². The minimum atomic E-state index is -1.65. The number of carbonyl (C=O) groups is 1. The molecule has 0 aliphatic rings. The number of carboxylic acids is 1. The number of rotatable bonds is 4. The third kappa shape index (κ3) is 2.48. The Bertz CT molecular complexity index is 606. The summed E-state index contributed by atoms with van der Waals surface area (Å²) in [5.41, 5.74) is 0.282. The highest BCUT2D eigenvalue weighted by atomic mass is 32.2. The van der Waals surface area contributed by atoms with E-state index < -0.39 is 22.6 Å². The molecule has 1 aromatic heterocycles. The van der Waals surface area contributed by atoms with E-state index in [1.165, 1.54) is 30.5 Å². The van der Waals surface area contributed by atoms with Gasteiger partial charge in [-0.15, -0.1) is 0 Å². The molecule has 1 unspecified atom stereocenters. The Morgan fingerprint density at radius 2 is 2.06 bits per heavy atom. The minimum Gasteiger partial charge on any atom is -0.475 e. The molecule has 4 nitrogen and oxygen atoms in total. The predicted molar refractivity (Wildman–Crippen MR) is 62.2 cm³/mol. The third-order valence-electron chi connectivity index (χ3n) is 2.31. The molecule has 0 aliphatic heterocycles. The Kier molecular flexibility index (Phi) is 3.57. The predicted octanol–water partition coefficient (Wildman–Crippen LogP) is 2.42. The van der Waals surface area contributed by atoms with Crippen LogP contribution < -0.4 is 0 Å². The van der Waals surface area contributed by atoms with E-state index in [-0.39, 0.29) is 22.0 Å². The van der Waals surface area contributed by atoms with E-state index in [0.717, 1.165) is 0 Å². The first-order chi connectivity index (χ1) is 8.59. The van der Waals surface area contributed by atoms with Gasteiger partial charge in [-0.1, -0.05) is 12.1 Å². The molecule has 0 bridgehead atoms. The molecule has 18 heavy (non-hydrogen) atoms. The first kappa shape index (κ1) is 12.5. The fourth-order valence-electron chi connectivity index (χ4n) is 1.49. The minimum absolute atomic E-state index is 0.0510. The van der Waals surface area contributed by atoms with Crippen molar-refractivity contribution < 1.29 is 22.9 Å². The molecule has 0 saturated heterocycles. The molecule has 1 aromatic carbocycles. The van der Waals surface area contributed by atoms with Crippen LogP contribution >= 0.6 is 0 Å².